The summed E-state index contributed by atoms with van der Waals surface area (Å²) in [6.07, 6.45) is 2.32. The van der Waals surface area contributed by atoms with Crippen molar-refractivity contribution in [1.29, 1.82) is 0 Å². The zero-order valence-corrected chi connectivity index (χ0v) is 14.8. The van der Waals surface area contributed by atoms with Crippen molar-refractivity contribution in [3.63, 3.8) is 0 Å². The number of amides is 1. The first kappa shape index (κ1) is 17.6. The fourth-order valence-corrected chi connectivity index (χ4v) is 3.92. The van der Waals surface area contributed by atoms with E-state index >= 15 is 0 Å². The maximum Gasteiger partial charge on any atom is 0.240 e. The van der Waals surface area contributed by atoms with E-state index in [9.17, 15) is 13.2 Å². The number of likely N-dealkylation sites (tertiary alicyclic amines) is 1. The van der Waals surface area contributed by atoms with E-state index in [0.717, 1.165) is 30.5 Å². The molecular weight excluding hydrogens is 336 g/mol. The van der Waals surface area contributed by atoms with E-state index in [1.54, 1.807) is 12.1 Å². The third-order valence-electron chi connectivity index (χ3n) is 4.38. The summed E-state index contributed by atoms with van der Waals surface area (Å²) in [4.78, 5) is 13.7. The minimum absolute atomic E-state index is 0.212. The van der Waals surface area contributed by atoms with Crippen LogP contribution in [0.5, 0.6) is 0 Å². The van der Waals surface area contributed by atoms with Gasteiger partial charge >= 0.3 is 0 Å². The van der Waals surface area contributed by atoms with Crippen LogP contribution in [-0.2, 0) is 27.8 Å². The van der Waals surface area contributed by atoms with Crippen molar-refractivity contribution in [3.05, 3.63) is 65.7 Å². The molecule has 0 unspecified atom stereocenters. The molecule has 1 heterocycles. The van der Waals surface area contributed by atoms with Crippen molar-refractivity contribution >= 4 is 15.9 Å². The summed E-state index contributed by atoms with van der Waals surface area (Å²) in [6, 6.07) is 16.3. The molecule has 0 radical (unpaired) electrons. The summed E-state index contributed by atoms with van der Waals surface area (Å²) in [5.74, 6) is 0.212. The molecule has 0 saturated carbocycles. The van der Waals surface area contributed by atoms with Gasteiger partial charge in [0.25, 0.3) is 0 Å². The van der Waals surface area contributed by atoms with Crippen LogP contribution < -0.4 is 4.72 Å². The molecule has 1 N–H and O–H groups in total. The second kappa shape index (κ2) is 7.80. The number of rotatable bonds is 7. The Morgan fingerprint density at radius 1 is 0.960 bits per heavy atom. The lowest BCUT2D eigenvalue weighted by Gasteiger charge is -2.15. The van der Waals surface area contributed by atoms with E-state index in [1.165, 1.54) is 0 Å². The highest BCUT2D eigenvalue weighted by molar-refractivity contribution is 7.89. The average Bonchev–Trinajstić information content (AvgIpc) is 3.04. The predicted molar refractivity (Wildman–Crippen MR) is 96.4 cm³/mol. The largest absolute Gasteiger partial charge is 0.342 e. The van der Waals surface area contributed by atoms with Gasteiger partial charge in [-0.3, -0.25) is 4.79 Å². The first-order valence-electron chi connectivity index (χ1n) is 8.45. The van der Waals surface area contributed by atoms with Gasteiger partial charge in [-0.05, 0) is 36.1 Å². The van der Waals surface area contributed by atoms with Gasteiger partial charge in [-0.2, -0.15) is 0 Å². The number of hydrogen-bond donors (Lipinski definition) is 1. The number of sulfonamides is 1. The van der Waals surface area contributed by atoms with Crippen LogP contribution in [0.4, 0.5) is 0 Å². The summed E-state index contributed by atoms with van der Waals surface area (Å²) in [5.41, 5.74) is 1.94. The molecule has 1 saturated heterocycles. The molecule has 2 aromatic carbocycles. The second-order valence-electron chi connectivity index (χ2n) is 6.19. The van der Waals surface area contributed by atoms with E-state index in [0.29, 0.717) is 13.0 Å². The number of hydrogen-bond acceptors (Lipinski definition) is 3. The van der Waals surface area contributed by atoms with Crippen LogP contribution in [0.3, 0.4) is 0 Å². The highest BCUT2D eigenvalue weighted by Gasteiger charge is 2.19. The van der Waals surface area contributed by atoms with Crippen LogP contribution in [0.2, 0.25) is 0 Å². The highest BCUT2D eigenvalue weighted by Crippen LogP contribution is 2.14. The molecule has 1 aliphatic heterocycles. The molecule has 25 heavy (non-hydrogen) atoms. The third-order valence-corrected chi connectivity index (χ3v) is 5.80. The smallest absolute Gasteiger partial charge is 0.240 e. The zero-order valence-electron chi connectivity index (χ0n) is 14.0. The third kappa shape index (κ3) is 4.67. The molecule has 1 fully saturated rings. The number of nitrogens with zero attached hydrogens (tertiary/aromatic N) is 1. The van der Waals surface area contributed by atoms with Gasteiger partial charge in [0.2, 0.25) is 15.9 Å². The van der Waals surface area contributed by atoms with Gasteiger partial charge in [-0.25, -0.2) is 13.1 Å². The second-order valence-corrected chi connectivity index (χ2v) is 7.96. The molecule has 0 aliphatic carbocycles. The molecule has 0 aromatic heterocycles. The summed E-state index contributed by atoms with van der Waals surface area (Å²) in [5, 5.41) is 0. The molecule has 0 atom stereocenters. The lowest BCUT2D eigenvalue weighted by atomic mass is 10.1. The molecule has 2 aromatic rings. The Morgan fingerprint density at radius 3 is 2.32 bits per heavy atom. The van der Waals surface area contributed by atoms with Gasteiger partial charge in [0, 0.05) is 26.1 Å². The molecule has 1 amide bonds. The predicted octanol–water partition coefficient (Wildman–Crippen LogP) is 2.33. The fourth-order valence-electron chi connectivity index (χ4n) is 2.90. The van der Waals surface area contributed by atoms with E-state index in [-0.39, 0.29) is 17.3 Å². The Bertz CT molecular complexity index is 818. The molecular formula is C19H22N2O3S. The molecule has 0 spiro atoms. The van der Waals surface area contributed by atoms with E-state index < -0.39 is 10.0 Å². The lowest BCUT2D eigenvalue weighted by molar-refractivity contribution is -0.127. The number of carbonyl (C=O) groups excluding carboxylic acids is 1. The van der Waals surface area contributed by atoms with Crippen LogP contribution in [-0.4, -0.2) is 32.3 Å². The monoisotopic (exact) mass is 358 g/mol. The van der Waals surface area contributed by atoms with Crippen molar-refractivity contribution < 1.29 is 13.2 Å². The SMILES string of the molecule is O=C1CCCN1CCc1ccc(S(=O)(=O)NCc2ccccc2)cc1. The number of benzene rings is 2. The maximum atomic E-state index is 12.4. The van der Waals surface area contributed by atoms with Crippen LogP contribution in [0.25, 0.3) is 0 Å². The Kier molecular flexibility index (Phi) is 5.50. The van der Waals surface area contributed by atoms with Crippen molar-refractivity contribution in [2.24, 2.45) is 0 Å². The number of nitrogens with one attached hydrogen (secondary N) is 1. The van der Waals surface area contributed by atoms with Gasteiger partial charge in [0.15, 0.2) is 0 Å². The maximum absolute atomic E-state index is 12.4. The van der Waals surface area contributed by atoms with Gasteiger partial charge < -0.3 is 4.90 Å². The fraction of sp³-hybridized carbons (Fsp3) is 0.316. The minimum Gasteiger partial charge on any atom is -0.342 e. The Hall–Kier alpha value is -2.18. The van der Waals surface area contributed by atoms with E-state index in [4.69, 9.17) is 0 Å². The average molecular weight is 358 g/mol. The van der Waals surface area contributed by atoms with E-state index in [1.807, 2.05) is 47.4 Å². The summed E-state index contributed by atoms with van der Waals surface area (Å²) < 4.78 is 27.3. The van der Waals surface area contributed by atoms with Gasteiger partial charge in [0.1, 0.15) is 0 Å². The first-order chi connectivity index (χ1) is 12.0. The van der Waals surface area contributed by atoms with Crippen LogP contribution in [0.1, 0.15) is 24.0 Å². The summed E-state index contributed by atoms with van der Waals surface area (Å²) >= 11 is 0. The first-order valence-corrected chi connectivity index (χ1v) is 9.93. The lowest BCUT2D eigenvalue weighted by Crippen LogP contribution is -2.27. The molecule has 132 valence electrons. The topological polar surface area (TPSA) is 66.5 Å². The zero-order chi connectivity index (χ0) is 17.7. The van der Waals surface area contributed by atoms with Crippen molar-refractivity contribution in [1.82, 2.24) is 9.62 Å². The van der Waals surface area contributed by atoms with Crippen LogP contribution >= 0.6 is 0 Å². The normalized spacial score (nSPS) is 14.9. The van der Waals surface area contributed by atoms with E-state index in [2.05, 4.69) is 4.72 Å². The number of carbonyl (C=O) groups is 1. The van der Waals surface area contributed by atoms with Crippen LogP contribution in [0.15, 0.2) is 59.5 Å². The standard InChI is InChI=1S/C19H22N2O3S/c22-19-7-4-13-21(19)14-12-16-8-10-18(11-9-16)25(23,24)20-15-17-5-2-1-3-6-17/h1-3,5-6,8-11,20H,4,7,12-15H2. The van der Waals surface area contributed by atoms with Gasteiger partial charge in [0.05, 0.1) is 4.90 Å². The summed E-state index contributed by atoms with van der Waals surface area (Å²) in [6.45, 7) is 1.79. The molecule has 6 heteroatoms. The van der Waals surface area contributed by atoms with Gasteiger partial charge in [-0.1, -0.05) is 42.5 Å². The Labute approximate surface area is 148 Å². The minimum atomic E-state index is -3.53. The highest BCUT2D eigenvalue weighted by atomic mass is 32.2. The van der Waals surface area contributed by atoms with Crippen LogP contribution in [0, 0.1) is 0 Å². The van der Waals surface area contributed by atoms with Crippen molar-refractivity contribution in [3.8, 4) is 0 Å². The Morgan fingerprint density at radius 2 is 1.68 bits per heavy atom. The van der Waals surface area contributed by atoms with Gasteiger partial charge in [-0.15, -0.1) is 0 Å². The molecule has 3 rings (SSSR count). The molecule has 0 bridgehead atoms. The molecule has 5 nitrogen and oxygen atoms in total. The Balaban J connectivity index is 1.57. The summed E-state index contributed by atoms with van der Waals surface area (Å²) in [7, 11) is -3.53. The van der Waals surface area contributed by atoms with Crippen molar-refractivity contribution in [2.75, 3.05) is 13.1 Å². The molecule has 1 aliphatic rings. The van der Waals surface area contributed by atoms with Crippen molar-refractivity contribution in [2.45, 2.75) is 30.7 Å². The quantitative estimate of drug-likeness (QED) is 0.826.